The van der Waals surface area contributed by atoms with E-state index < -0.39 is 0 Å². The van der Waals surface area contributed by atoms with Gasteiger partial charge in [0.05, 0.1) is 25.9 Å². The predicted molar refractivity (Wildman–Crippen MR) is 126 cm³/mol. The summed E-state index contributed by atoms with van der Waals surface area (Å²) in [6.45, 7) is 11.0. The van der Waals surface area contributed by atoms with Gasteiger partial charge in [-0.15, -0.1) is 0 Å². The largest absolute Gasteiger partial charge is 0.465 e. The smallest absolute Gasteiger partial charge is 0.338 e. The van der Waals surface area contributed by atoms with E-state index in [2.05, 4.69) is 30.9 Å². The fourth-order valence-electron chi connectivity index (χ4n) is 5.84. The number of methoxy groups -OCH3 is 1. The molecule has 178 valence electrons. The lowest BCUT2D eigenvalue weighted by Crippen LogP contribution is -2.37. The number of carbonyl (C=O) groups is 1. The molecule has 0 radical (unpaired) electrons. The third kappa shape index (κ3) is 5.55. The maximum Gasteiger partial charge on any atom is 0.338 e. The Morgan fingerprint density at radius 3 is 2.56 bits per heavy atom. The number of hydrogen-bond donors (Lipinski definition) is 0. The first-order valence-electron chi connectivity index (χ1n) is 12.7. The number of hydrogen-bond acceptors (Lipinski definition) is 5. The Morgan fingerprint density at radius 1 is 1.16 bits per heavy atom. The van der Waals surface area contributed by atoms with Gasteiger partial charge in [0, 0.05) is 32.8 Å². The van der Waals surface area contributed by atoms with Crippen LogP contribution >= 0.6 is 0 Å². The monoisotopic (exact) mass is 443 g/mol. The second-order valence-electron chi connectivity index (χ2n) is 9.99. The number of ether oxygens (including phenoxy) is 3. The maximum atomic E-state index is 12.7. The lowest BCUT2D eigenvalue weighted by atomic mass is 9.75. The van der Waals surface area contributed by atoms with Crippen molar-refractivity contribution in [3.63, 3.8) is 0 Å². The highest BCUT2D eigenvalue weighted by molar-refractivity contribution is 5.91. The molecule has 5 nitrogen and oxygen atoms in total. The van der Waals surface area contributed by atoms with Crippen molar-refractivity contribution in [2.75, 3.05) is 53.2 Å². The minimum Gasteiger partial charge on any atom is -0.465 e. The number of benzene rings is 1. The Bertz CT molecular complexity index is 767. The molecule has 3 atom stereocenters. The van der Waals surface area contributed by atoms with Crippen molar-refractivity contribution in [3.8, 4) is 0 Å². The molecule has 2 heterocycles. The summed E-state index contributed by atoms with van der Waals surface area (Å²) in [5, 5.41) is 0. The first-order chi connectivity index (χ1) is 15.6. The van der Waals surface area contributed by atoms with E-state index >= 15 is 0 Å². The van der Waals surface area contributed by atoms with E-state index in [1.165, 1.54) is 43.9 Å². The van der Waals surface area contributed by atoms with Crippen molar-refractivity contribution < 1.29 is 19.0 Å². The molecule has 0 aromatic heterocycles. The van der Waals surface area contributed by atoms with Gasteiger partial charge in [0.1, 0.15) is 0 Å². The van der Waals surface area contributed by atoms with E-state index in [0.717, 1.165) is 70.0 Å². The number of rotatable bonds is 9. The van der Waals surface area contributed by atoms with Crippen LogP contribution in [0.15, 0.2) is 12.1 Å². The third-order valence-corrected chi connectivity index (χ3v) is 7.93. The van der Waals surface area contributed by atoms with E-state index in [1.54, 1.807) is 0 Å². The number of unbranched alkanes of at least 4 members (excludes halogenated alkanes) is 1. The zero-order valence-corrected chi connectivity index (χ0v) is 20.2. The normalized spacial score (nSPS) is 25.5. The maximum absolute atomic E-state index is 12.7. The standard InChI is InChI=1S/C27H41NO4/c1-4-5-6-23(20-7-11-31-12-8-20)24-15-21(16-25(19(24)2)27(29)30-3)26-17-22(26)18-28-9-13-32-14-10-28/h15-16,20,22-23,26H,4-14,17-18H2,1-3H3. The Labute approximate surface area is 193 Å². The first kappa shape index (κ1) is 23.7. The van der Waals surface area contributed by atoms with Gasteiger partial charge in [-0.25, -0.2) is 4.79 Å². The predicted octanol–water partition coefficient (Wildman–Crippen LogP) is 4.92. The molecule has 3 fully saturated rings. The minimum atomic E-state index is -0.197. The first-order valence-corrected chi connectivity index (χ1v) is 12.7. The zero-order chi connectivity index (χ0) is 22.5. The molecule has 0 spiro atoms. The average molecular weight is 444 g/mol. The van der Waals surface area contributed by atoms with Crippen LogP contribution in [0, 0.1) is 18.8 Å². The summed E-state index contributed by atoms with van der Waals surface area (Å²) in [4.78, 5) is 15.3. The lowest BCUT2D eigenvalue weighted by molar-refractivity contribution is 0.0355. The van der Waals surface area contributed by atoms with Gasteiger partial charge in [0.2, 0.25) is 0 Å². The van der Waals surface area contributed by atoms with Crippen molar-refractivity contribution in [2.24, 2.45) is 11.8 Å². The van der Waals surface area contributed by atoms with E-state index in [4.69, 9.17) is 14.2 Å². The van der Waals surface area contributed by atoms with Gasteiger partial charge in [-0.05, 0) is 79.0 Å². The second-order valence-corrected chi connectivity index (χ2v) is 9.99. The highest BCUT2D eigenvalue weighted by Gasteiger charge is 2.40. The summed E-state index contributed by atoms with van der Waals surface area (Å²) < 4.78 is 16.4. The average Bonchev–Trinajstić information content (AvgIpc) is 3.60. The van der Waals surface area contributed by atoms with E-state index in [0.29, 0.717) is 23.7 Å². The molecule has 3 aliphatic rings. The van der Waals surface area contributed by atoms with Gasteiger partial charge < -0.3 is 14.2 Å². The molecule has 4 rings (SSSR count). The molecule has 2 saturated heterocycles. The molecule has 1 aromatic carbocycles. The molecular weight excluding hydrogens is 402 g/mol. The van der Waals surface area contributed by atoms with Crippen LogP contribution in [-0.4, -0.2) is 64.0 Å². The van der Waals surface area contributed by atoms with Gasteiger partial charge in [0.25, 0.3) is 0 Å². The van der Waals surface area contributed by atoms with Gasteiger partial charge in [-0.3, -0.25) is 4.90 Å². The highest BCUT2D eigenvalue weighted by atomic mass is 16.5. The van der Waals surface area contributed by atoms with Crippen LogP contribution < -0.4 is 0 Å². The van der Waals surface area contributed by atoms with Gasteiger partial charge >= 0.3 is 5.97 Å². The molecule has 5 heteroatoms. The lowest BCUT2D eigenvalue weighted by Gasteiger charge is -2.32. The molecule has 0 amide bonds. The van der Waals surface area contributed by atoms with E-state index in [1.807, 2.05) is 0 Å². The van der Waals surface area contributed by atoms with Crippen LogP contribution in [0.3, 0.4) is 0 Å². The Balaban J connectivity index is 1.61. The molecule has 1 aliphatic carbocycles. The summed E-state index contributed by atoms with van der Waals surface area (Å²) in [5.74, 6) is 2.18. The fraction of sp³-hybridized carbons (Fsp3) is 0.741. The van der Waals surface area contributed by atoms with Crippen LogP contribution in [0.2, 0.25) is 0 Å². The topological polar surface area (TPSA) is 48.0 Å². The second kappa shape index (κ2) is 11.1. The van der Waals surface area contributed by atoms with E-state index in [-0.39, 0.29) is 5.97 Å². The van der Waals surface area contributed by atoms with Crippen molar-refractivity contribution in [2.45, 2.75) is 64.2 Å². The molecule has 2 aliphatic heterocycles. The number of morpholine rings is 1. The summed E-state index contributed by atoms with van der Waals surface area (Å²) in [5.41, 5.74) is 4.63. The summed E-state index contributed by atoms with van der Waals surface area (Å²) >= 11 is 0. The number of nitrogens with zero attached hydrogens (tertiary/aromatic N) is 1. The van der Waals surface area contributed by atoms with Gasteiger partial charge in [0.15, 0.2) is 0 Å². The number of esters is 1. The van der Waals surface area contributed by atoms with Crippen LogP contribution in [0.5, 0.6) is 0 Å². The van der Waals surface area contributed by atoms with Crippen molar-refractivity contribution in [1.29, 1.82) is 0 Å². The zero-order valence-electron chi connectivity index (χ0n) is 20.2. The highest BCUT2D eigenvalue weighted by Crippen LogP contribution is 2.50. The van der Waals surface area contributed by atoms with Crippen LogP contribution in [0.25, 0.3) is 0 Å². The molecule has 3 unspecified atom stereocenters. The third-order valence-electron chi connectivity index (χ3n) is 7.93. The van der Waals surface area contributed by atoms with Crippen LogP contribution in [0.4, 0.5) is 0 Å². The van der Waals surface area contributed by atoms with E-state index in [9.17, 15) is 4.79 Å². The Morgan fingerprint density at radius 2 is 1.88 bits per heavy atom. The molecule has 0 N–H and O–H groups in total. The molecular formula is C27H41NO4. The van der Waals surface area contributed by atoms with Crippen molar-refractivity contribution in [1.82, 2.24) is 4.90 Å². The molecule has 1 aromatic rings. The summed E-state index contributed by atoms with van der Waals surface area (Å²) in [6, 6.07) is 4.59. The summed E-state index contributed by atoms with van der Waals surface area (Å²) in [7, 11) is 1.50. The minimum absolute atomic E-state index is 0.197. The quantitative estimate of drug-likeness (QED) is 0.507. The SMILES string of the molecule is CCCCC(c1cc(C2CC2CN2CCOCC2)cc(C(=O)OC)c1C)C1CCOCC1. The Kier molecular flexibility index (Phi) is 8.25. The Hall–Kier alpha value is -1.43. The van der Waals surface area contributed by atoms with Crippen molar-refractivity contribution in [3.05, 3.63) is 34.4 Å². The summed E-state index contributed by atoms with van der Waals surface area (Å²) in [6.07, 6.45) is 7.07. The molecule has 1 saturated carbocycles. The van der Waals surface area contributed by atoms with Crippen LogP contribution in [-0.2, 0) is 14.2 Å². The van der Waals surface area contributed by atoms with Crippen molar-refractivity contribution >= 4 is 5.97 Å². The van der Waals surface area contributed by atoms with Gasteiger partial charge in [-0.2, -0.15) is 0 Å². The molecule has 0 bridgehead atoms. The molecule has 32 heavy (non-hydrogen) atoms. The number of carbonyl (C=O) groups excluding carboxylic acids is 1. The fourth-order valence-corrected chi connectivity index (χ4v) is 5.84. The van der Waals surface area contributed by atoms with Crippen LogP contribution in [0.1, 0.15) is 84.3 Å². The van der Waals surface area contributed by atoms with Gasteiger partial charge in [-0.1, -0.05) is 25.8 Å².